The number of nitrogens with one attached hydrogen (secondary N) is 3. The first-order chi connectivity index (χ1) is 15.9. The number of aromatic nitrogens is 1. The van der Waals surface area contributed by atoms with Crippen molar-refractivity contribution >= 4 is 21.7 Å². The van der Waals surface area contributed by atoms with Gasteiger partial charge in [0.05, 0.1) is 11.8 Å². The number of ether oxygens (including phenoxy) is 1. The number of pyridine rings is 1. The number of carbonyl (C=O) groups is 1. The van der Waals surface area contributed by atoms with Crippen LogP contribution in [0.25, 0.3) is 0 Å². The molecule has 0 bridgehead atoms. The van der Waals surface area contributed by atoms with Gasteiger partial charge < -0.3 is 15.4 Å². The third kappa shape index (κ3) is 9.38. The summed E-state index contributed by atoms with van der Waals surface area (Å²) < 4.78 is 69.6. The third-order valence-corrected chi connectivity index (χ3v) is 6.09. The van der Waals surface area contributed by atoms with Gasteiger partial charge in [0.1, 0.15) is 5.82 Å². The second kappa shape index (κ2) is 12.7. The SMILES string of the molecule is CCC.CS(=O)(=O)Nc1ncc(C(F)(F)F)cc1CNC(=O)C1CCC(NC2CCOCC2)C1. The monoisotopic (exact) mass is 508 g/mol. The van der Waals surface area contributed by atoms with Crippen LogP contribution in [0.4, 0.5) is 19.0 Å². The highest BCUT2D eigenvalue weighted by atomic mass is 32.2. The number of amides is 1. The molecule has 1 amide bonds. The quantitative estimate of drug-likeness (QED) is 0.521. The number of carbonyl (C=O) groups excluding carboxylic acids is 1. The van der Waals surface area contributed by atoms with Crippen molar-refractivity contribution in [1.82, 2.24) is 15.6 Å². The minimum absolute atomic E-state index is 0.0523. The third-order valence-electron chi connectivity index (χ3n) is 5.53. The molecule has 8 nitrogen and oxygen atoms in total. The van der Waals surface area contributed by atoms with Gasteiger partial charge in [-0.25, -0.2) is 13.4 Å². The number of hydrogen-bond donors (Lipinski definition) is 3. The van der Waals surface area contributed by atoms with E-state index in [9.17, 15) is 26.4 Å². The van der Waals surface area contributed by atoms with Crippen molar-refractivity contribution in [3.05, 3.63) is 23.4 Å². The fraction of sp³-hybridized carbons (Fsp3) is 0.727. The molecule has 2 fully saturated rings. The van der Waals surface area contributed by atoms with Crippen LogP contribution >= 0.6 is 0 Å². The van der Waals surface area contributed by atoms with Crippen molar-refractivity contribution in [3.8, 4) is 0 Å². The Morgan fingerprint density at radius 2 is 1.79 bits per heavy atom. The van der Waals surface area contributed by atoms with Crippen molar-refractivity contribution < 1.29 is 31.1 Å². The molecule has 1 aromatic heterocycles. The molecule has 12 heteroatoms. The molecule has 1 aliphatic carbocycles. The maximum absolute atomic E-state index is 13.0. The van der Waals surface area contributed by atoms with E-state index in [4.69, 9.17) is 4.74 Å². The van der Waals surface area contributed by atoms with Crippen molar-refractivity contribution in [2.24, 2.45) is 5.92 Å². The second-order valence-corrected chi connectivity index (χ2v) is 10.5. The van der Waals surface area contributed by atoms with E-state index < -0.39 is 21.8 Å². The number of anilines is 1. The maximum Gasteiger partial charge on any atom is 0.417 e. The average Bonchev–Trinajstić information content (AvgIpc) is 3.21. The van der Waals surface area contributed by atoms with Crippen LogP contribution in [0.2, 0.25) is 0 Å². The van der Waals surface area contributed by atoms with Gasteiger partial charge >= 0.3 is 6.18 Å². The summed E-state index contributed by atoms with van der Waals surface area (Å²) in [5.41, 5.74) is -1.07. The Morgan fingerprint density at radius 1 is 1.15 bits per heavy atom. The van der Waals surface area contributed by atoms with Gasteiger partial charge in [-0.05, 0) is 38.2 Å². The summed E-state index contributed by atoms with van der Waals surface area (Å²) in [6.07, 6.45) is 2.10. The molecule has 1 aliphatic heterocycles. The van der Waals surface area contributed by atoms with Gasteiger partial charge in [0.25, 0.3) is 0 Å². The Balaban J connectivity index is 0.00000129. The molecule has 0 radical (unpaired) electrons. The predicted octanol–water partition coefficient (Wildman–Crippen LogP) is 3.44. The fourth-order valence-electron chi connectivity index (χ4n) is 3.96. The van der Waals surface area contributed by atoms with E-state index in [-0.39, 0.29) is 35.8 Å². The van der Waals surface area contributed by atoms with Gasteiger partial charge in [0, 0.05) is 49.5 Å². The molecular formula is C22H35F3N4O4S. The van der Waals surface area contributed by atoms with E-state index in [2.05, 4.69) is 34.2 Å². The number of rotatable bonds is 7. The molecule has 2 heterocycles. The average molecular weight is 509 g/mol. The summed E-state index contributed by atoms with van der Waals surface area (Å²) >= 11 is 0. The molecule has 2 aliphatic rings. The van der Waals surface area contributed by atoms with Crippen LogP contribution in [0.15, 0.2) is 12.3 Å². The molecule has 1 saturated heterocycles. The summed E-state index contributed by atoms with van der Waals surface area (Å²) in [7, 11) is -3.75. The van der Waals surface area contributed by atoms with Crippen LogP contribution in [-0.4, -0.2) is 50.9 Å². The number of nitrogens with zero attached hydrogens (tertiary/aromatic N) is 1. The summed E-state index contributed by atoms with van der Waals surface area (Å²) in [6, 6.07) is 1.39. The van der Waals surface area contributed by atoms with Gasteiger partial charge in [0.2, 0.25) is 15.9 Å². The number of hydrogen-bond acceptors (Lipinski definition) is 6. The van der Waals surface area contributed by atoms with Crippen LogP contribution < -0.4 is 15.4 Å². The topological polar surface area (TPSA) is 109 Å². The van der Waals surface area contributed by atoms with Crippen LogP contribution in [0, 0.1) is 5.92 Å². The van der Waals surface area contributed by atoms with Gasteiger partial charge in [-0.3, -0.25) is 9.52 Å². The van der Waals surface area contributed by atoms with Crippen LogP contribution in [0.5, 0.6) is 0 Å². The van der Waals surface area contributed by atoms with Gasteiger partial charge in [0.15, 0.2) is 0 Å². The first-order valence-electron chi connectivity index (χ1n) is 11.6. The zero-order valence-electron chi connectivity index (χ0n) is 19.9. The van der Waals surface area contributed by atoms with Crippen molar-refractivity contribution in [1.29, 1.82) is 0 Å². The van der Waals surface area contributed by atoms with E-state index in [0.29, 0.717) is 25.1 Å². The van der Waals surface area contributed by atoms with Crippen LogP contribution in [0.3, 0.4) is 0 Å². The molecule has 2 unspecified atom stereocenters. The first kappa shape index (κ1) is 28.3. The van der Waals surface area contributed by atoms with Gasteiger partial charge in [-0.2, -0.15) is 13.2 Å². The fourth-order valence-corrected chi connectivity index (χ4v) is 4.50. The van der Waals surface area contributed by atoms with E-state index in [0.717, 1.165) is 44.8 Å². The molecule has 3 N–H and O–H groups in total. The Hall–Kier alpha value is -1.92. The maximum atomic E-state index is 13.0. The molecule has 0 aromatic carbocycles. The molecule has 1 aromatic rings. The second-order valence-electron chi connectivity index (χ2n) is 8.79. The Bertz CT molecular complexity index is 906. The van der Waals surface area contributed by atoms with E-state index >= 15 is 0 Å². The largest absolute Gasteiger partial charge is 0.417 e. The summed E-state index contributed by atoms with van der Waals surface area (Å²) in [6.45, 7) is 5.44. The molecule has 3 rings (SSSR count). The molecule has 34 heavy (non-hydrogen) atoms. The minimum Gasteiger partial charge on any atom is -0.381 e. The Labute approximate surface area is 199 Å². The predicted molar refractivity (Wildman–Crippen MR) is 124 cm³/mol. The minimum atomic E-state index is -4.64. The van der Waals surface area contributed by atoms with Gasteiger partial charge in [-0.1, -0.05) is 20.3 Å². The lowest BCUT2D eigenvalue weighted by Crippen LogP contribution is -2.41. The van der Waals surface area contributed by atoms with E-state index in [1.54, 1.807) is 0 Å². The number of halogens is 3. The Morgan fingerprint density at radius 3 is 2.38 bits per heavy atom. The lowest BCUT2D eigenvalue weighted by atomic mass is 10.0. The molecule has 2 atom stereocenters. The zero-order chi connectivity index (χ0) is 25.4. The first-order valence-corrected chi connectivity index (χ1v) is 13.5. The molecule has 194 valence electrons. The Kier molecular flexibility index (Phi) is 10.6. The zero-order valence-corrected chi connectivity index (χ0v) is 20.7. The lowest BCUT2D eigenvalue weighted by molar-refractivity contribution is -0.137. The molecular weight excluding hydrogens is 473 g/mol. The van der Waals surface area contributed by atoms with Crippen LogP contribution in [0.1, 0.15) is 63.5 Å². The van der Waals surface area contributed by atoms with Crippen molar-refractivity contribution in [2.45, 2.75) is 77.2 Å². The van der Waals surface area contributed by atoms with Crippen molar-refractivity contribution in [2.75, 3.05) is 24.2 Å². The molecule has 0 spiro atoms. The summed E-state index contributed by atoms with van der Waals surface area (Å²) in [4.78, 5) is 16.2. The number of alkyl halides is 3. The summed E-state index contributed by atoms with van der Waals surface area (Å²) in [5.74, 6) is -0.748. The van der Waals surface area contributed by atoms with Gasteiger partial charge in [-0.15, -0.1) is 0 Å². The van der Waals surface area contributed by atoms with Crippen LogP contribution in [-0.2, 0) is 32.3 Å². The smallest absolute Gasteiger partial charge is 0.381 e. The van der Waals surface area contributed by atoms with E-state index in [1.807, 2.05) is 0 Å². The standard InChI is InChI=1S/C19H27F3N4O4S.C3H8/c1-31(28,29)26-17-13(8-14(11-23-17)19(20,21)22)10-24-18(27)12-2-3-16(9-12)25-15-4-6-30-7-5-15;1-3-2/h8,11-12,15-16,25H,2-7,9-10H2,1H3,(H,23,26)(H,24,27);3H2,1-2H3. The lowest BCUT2D eigenvalue weighted by Gasteiger charge is -2.26. The number of sulfonamides is 1. The highest BCUT2D eigenvalue weighted by molar-refractivity contribution is 7.92. The molecule has 1 saturated carbocycles. The highest BCUT2D eigenvalue weighted by Crippen LogP contribution is 2.31. The normalized spacial score (nSPS) is 21.5. The van der Waals surface area contributed by atoms with Crippen molar-refractivity contribution in [3.63, 3.8) is 0 Å². The van der Waals surface area contributed by atoms with E-state index in [1.165, 1.54) is 6.42 Å². The highest BCUT2D eigenvalue weighted by Gasteiger charge is 2.33. The summed E-state index contributed by atoms with van der Waals surface area (Å²) in [5, 5.41) is 6.20.